The van der Waals surface area contributed by atoms with Gasteiger partial charge < -0.3 is 10.3 Å². The molecule has 0 radical (unpaired) electrons. The predicted octanol–water partition coefficient (Wildman–Crippen LogP) is 2.67. The average molecular weight is 213 g/mol. The molecule has 1 saturated heterocycles. The highest BCUT2D eigenvalue weighted by molar-refractivity contribution is 4.89. The topological polar surface area (TPSA) is 27.5 Å². The van der Waals surface area contributed by atoms with Gasteiger partial charge in [0, 0.05) is 12.8 Å². The predicted molar refractivity (Wildman–Crippen MR) is 64.8 cm³/mol. The third kappa shape index (κ3) is 1.94. The van der Waals surface area contributed by atoms with E-state index in [1.54, 1.807) is 0 Å². The Labute approximate surface area is 94.6 Å². The molecule has 0 aliphatic carbocycles. The van der Waals surface area contributed by atoms with Crippen molar-refractivity contribution < 1.29 is 5.06 Å². The maximum Gasteiger partial charge on any atom is 0.0972 e. The lowest BCUT2D eigenvalue weighted by molar-refractivity contribution is -0.965. The van der Waals surface area contributed by atoms with E-state index in [0.717, 1.165) is 38.5 Å². The standard InChI is InChI=1S/C13H27NO/c1-5-12(6-2)10-9-11-13(7-3,8-4)14(12)15/h14H,5-11H2,1-4H3. The number of hydroxylamine groups is 2. The fourth-order valence-electron chi connectivity index (χ4n) is 3.40. The number of nitrogens with one attached hydrogen (secondary N) is 1. The number of piperidine rings is 1. The number of rotatable bonds is 4. The molecule has 1 aliphatic heterocycles. The smallest absolute Gasteiger partial charge is 0.0972 e. The van der Waals surface area contributed by atoms with Crippen molar-refractivity contribution in [3.05, 3.63) is 5.21 Å². The van der Waals surface area contributed by atoms with Crippen LogP contribution in [-0.4, -0.2) is 11.1 Å². The van der Waals surface area contributed by atoms with E-state index in [1.165, 1.54) is 6.42 Å². The summed E-state index contributed by atoms with van der Waals surface area (Å²) in [5.41, 5.74) is 0.0362. The van der Waals surface area contributed by atoms with Gasteiger partial charge in [-0.3, -0.25) is 0 Å². The van der Waals surface area contributed by atoms with E-state index < -0.39 is 0 Å². The van der Waals surface area contributed by atoms with Crippen molar-refractivity contribution in [1.29, 1.82) is 0 Å². The van der Waals surface area contributed by atoms with Gasteiger partial charge in [-0.15, -0.1) is 0 Å². The first-order chi connectivity index (χ1) is 7.10. The largest absolute Gasteiger partial charge is 0.634 e. The van der Waals surface area contributed by atoms with Crippen molar-refractivity contribution in [3.8, 4) is 0 Å². The summed E-state index contributed by atoms with van der Waals surface area (Å²) in [5.74, 6) is 0. The molecule has 90 valence electrons. The van der Waals surface area contributed by atoms with Crippen LogP contribution in [0.15, 0.2) is 0 Å². The Hall–Kier alpha value is -0.0800. The summed E-state index contributed by atoms with van der Waals surface area (Å²) in [7, 11) is 0. The number of hydrogen-bond acceptors (Lipinski definition) is 1. The van der Waals surface area contributed by atoms with Gasteiger partial charge in [-0.2, -0.15) is 0 Å². The molecule has 1 heterocycles. The van der Waals surface area contributed by atoms with Gasteiger partial charge in [0.1, 0.15) is 0 Å². The second kappa shape index (κ2) is 4.84. The first-order valence-electron chi connectivity index (χ1n) is 6.65. The van der Waals surface area contributed by atoms with Gasteiger partial charge in [-0.1, -0.05) is 27.7 Å². The van der Waals surface area contributed by atoms with Gasteiger partial charge >= 0.3 is 0 Å². The number of quaternary nitrogens is 1. The van der Waals surface area contributed by atoms with Crippen molar-refractivity contribution in [2.24, 2.45) is 0 Å². The van der Waals surface area contributed by atoms with Gasteiger partial charge in [-0.05, 0) is 32.1 Å². The molecule has 0 amide bonds. The number of hydrogen-bond donors (Lipinski definition) is 1. The van der Waals surface area contributed by atoms with Crippen LogP contribution in [0.4, 0.5) is 0 Å². The van der Waals surface area contributed by atoms with Gasteiger partial charge in [0.25, 0.3) is 0 Å². The fourth-order valence-corrected chi connectivity index (χ4v) is 3.40. The summed E-state index contributed by atoms with van der Waals surface area (Å²) in [6.45, 7) is 8.73. The summed E-state index contributed by atoms with van der Waals surface area (Å²) in [6, 6.07) is 0. The quantitative estimate of drug-likeness (QED) is 0.714. The second-order valence-electron chi connectivity index (χ2n) is 5.16. The maximum atomic E-state index is 12.7. The highest BCUT2D eigenvalue weighted by Crippen LogP contribution is 2.31. The molecule has 0 aromatic rings. The summed E-state index contributed by atoms with van der Waals surface area (Å²) >= 11 is 0. The van der Waals surface area contributed by atoms with Gasteiger partial charge in [-0.25, -0.2) is 0 Å². The zero-order valence-corrected chi connectivity index (χ0v) is 10.9. The molecule has 1 aliphatic rings. The van der Waals surface area contributed by atoms with Crippen LogP contribution in [0.5, 0.6) is 0 Å². The molecule has 2 heteroatoms. The second-order valence-corrected chi connectivity index (χ2v) is 5.16. The van der Waals surface area contributed by atoms with Crippen LogP contribution >= 0.6 is 0 Å². The molecule has 0 unspecified atom stereocenters. The van der Waals surface area contributed by atoms with E-state index in [0.29, 0.717) is 5.06 Å². The summed E-state index contributed by atoms with van der Waals surface area (Å²) in [6.07, 6.45) is 7.62. The maximum absolute atomic E-state index is 12.7. The average Bonchev–Trinajstić information content (AvgIpc) is 2.30. The van der Waals surface area contributed by atoms with E-state index >= 15 is 0 Å². The fraction of sp³-hybridized carbons (Fsp3) is 1.00. The minimum atomic E-state index is 0.0181. The van der Waals surface area contributed by atoms with Crippen LogP contribution in [0, 0.1) is 5.21 Å². The molecular weight excluding hydrogens is 186 g/mol. The van der Waals surface area contributed by atoms with Gasteiger partial charge in [0.2, 0.25) is 0 Å². The SMILES string of the molecule is CCC1(CC)CCCC(CC)(CC)[NH+]1[O-]. The zero-order chi connectivity index (χ0) is 11.5. The molecule has 15 heavy (non-hydrogen) atoms. The third-order valence-electron chi connectivity index (χ3n) is 4.98. The lowest BCUT2D eigenvalue weighted by Crippen LogP contribution is -3.24. The Morgan fingerprint density at radius 1 is 0.867 bits per heavy atom. The molecule has 1 N–H and O–H groups in total. The summed E-state index contributed by atoms with van der Waals surface area (Å²) in [5, 5.41) is 13.3. The normalized spacial score (nSPS) is 25.4. The first-order valence-corrected chi connectivity index (χ1v) is 6.65. The highest BCUT2D eigenvalue weighted by atomic mass is 16.5. The van der Waals surface area contributed by atoms with Crippen LogP contribution in [0.3, 0.4) is 0 Å². The van der Waals surface area contributed by atoms with Crippen LogP contribution in [-0.2, 0) is 0 Å². The Bertz CT molecular complexity index is 175. The molecule has 0 spiro atoms. The molecule has 1 fully saturated rings. The lowest BCUT2D eigenvalue weighted by Gasteiger charge is -2.57. The molecule has 2 nitrogen and oxygen atoms in total. The molecule has 0 aromatic carbocycles. The lowest BCUT2D eigenvalue weighted by atomic mass is 9.73. The molecule has 0 saturated carbocycles. The first kappa shape index (κ1) is 13.0. The minimum absolute atomic E-state index is 0.0181. The zero-order valence-electron chi connectivity index (χ0n) is 10.9. The van der Waals surface area contributed by atoms with Gasteiger partial charge in [0.15, 0.2) is 0 Å². The van der Waals surface area contributed by atoms with E-state index in [-0.39, 0.29) is 11.1 Å². The van der Waals surface area contributed by atoms with Gasteiger partial charge in [0.05, 0.1) is 11.1 Å². The molecular formula is C13H27NO. The summed E-state index contributed by atoms with van der Waals surface area (Å²) < 4.78 is 0. The van der Waals surface area contributed by atoms with E-state index in [2.05, 4.69) is 27.7 Å². The van der Waals surface area contributed by atoms with Crippen molar-refractivity contribution in [3.63, 3.8) is 0 Å². The van der Waals surface area contributed by atoms with E-state index in [1.807, 2.05) is 0 Å². The van der Waals surface area contributed by atoms with E-state index in [4.69, 9.17) is 0 Å². The molecule has 0 atom stereocenters. The van der Waals surface area contributed by atoms with E-state index in [9.17, 15) is 5.21 Å². The van der Waals surface area contributed by atoms with Crippen LogP contribution < -0.4 is 5.06 Å². The van der Waals surface area contributed by atoms with Crippen molar-refractivity contribution in [2.45, 2.75) is 83.7 Å². The highest BCUT2D eigenvalue weighted by Gasteiger charge is 2.47. The van der Waals surface area contributed by atoms with Crippen molar-refractivity contribution >= 4 is 0 Å². The minimum Gasteiger partial charge on any atom is -0.634 e. The van der Waals surface area contributed by atoms with Crippen LogP contribution in [0.25, 0.3) is 0 Å². The monoisotopic (exact) mass is 213 g/mol. The Balaban J connectivity index is 2.95. The van der Waals surface area contributed by atoms with Crippen molar-refractivity contribution in [1.82, 2.24) is 0 Å². The van der Waals surface area contributed by atoms with Crippen LogP contribution in [0.2, 0.25) is 0 Å². The molecule has 0 bridgehead atoms. The molecule has 0 aromatic heterocycles. The van der Waals surface area contributed by atoms with Crippen molar-refractivity contribution in [2.75, 3.05) is 0 Å². The van der Waals surface area contributed by atoms with Crippen LogP contribution in [0.1, 0.15) is 72.6 Å². The Kier molecular flexibility index (Phi) is 4.19. The molecule has 1 rings (SSSR count). The Morgan fingerprint density at radius 3 is 1.47 bits per heavy atom. The third-order valence-corrected chi connectivity index (χ3v) is 4.98. The summed E-state index contributed by atoms with van der Waals surface area (Å²) in [4.78, 5) is 0. The Morgan fingerprint density at radius 2 is 1.20 bits per heavy atom.